The van der Waals surface area contributed by atoms with Crippen molar-refractivity contribution >= 4 is 5.97 Å². The van der Waals surface area contributed by atoms with Crippen molar-refractivity contribution in [1.82, 2.24) is 9.97 Å². The van der Waals surface area contributed by atoms with E-state index >= 15 is 0 Å². The molecule has 0 saturated carbocycles. The van der Waals surface area contributed by atoms with Crippen molar-refractivity contribution in [2.45, 2.75) is 12.8 Å². The second kappa shape index (κ2) is 6.95. The normalized spacial score (nSPS) is 9.33. The Bertz CT molecular complexity index is 466. The number of hydrogen-bond donors (Lipinski definition) is 4. The lowest BCUT2D eigenvalue weighted by molar-refractivity contribution is -0.136. The second-order valence-corrected chi connectivity index (χ2v) is 3.48. The van der Waals surface area contributed by atoms with E-state index in [2.05, 4.69) is 9.97 Å². The Kier molecular flexibility index (Phi) is 5.24. The zero-order chi connectivity index (χ0) is 13.4. The van der Waals surface area contributed by atoms with Crippen LogP contribution in [-0.4, -0.2) is 31.3 Å². The fourth-order valence-corrected chi connectivity index (χ4v) is 1.19. The lowest BCUT2D eigenvalue weighted by Gasteiger charge is -2.01. The van der Waals surface area contributed by atoms with Gasteiger partial charge in [-0.05, 0) is 24.1 Å². The summed E-state index contributed by atoms with van der Waals surface area (Å²) in [6.45, 7) is 0. The van der Waals surface area contributed by atoms with Gasteiger partial charge in [0.2, 0.25) is 0 Å². The van der Waals surface area contributed by atoms with Crippen LogP contribution in [0.4, 0.5) is 0 Å². The first kappa shape index (κ1) is 13.6. The molecule has 2 aromatic rings. The van der Waals surface area contributed by atoms with Gasteiger partial charge in [0, 0.05) is 18.8 Å². The van der Waals surface area contributed by atoms with Crippen LogP contribution in [0.3, 0.4) is 0 Å². The molecule has 1 aromatic carbocycles. The number of aromatic nitrogens is 2. The Morgan fingerprint density at radius 3 is 2.50 bits per heavy atom. The van der Waals surface area contributed by atoms with Crippen molar-refractivity contribution in [2.75, 3.05) is 0 Å². The van der Waals surface area contributed by atoms with Gasteiger partial charge in [-0.15, -0.1) is 0 Å². The predicted octanol–water partition coefficient (Wildman–Crippen LogP) is 1.52. The van der Waals surface area contributed by atoms with E-state index in [0.717, 1.165) is 0 Å². The zero-order valence-corrected chi connectivity index (χ0v) is 9.58. The molecule has 18 heavy (non-hydrogen) atoms. The summed E-state index contributed by atoms with van der Waals surface area (Å²) in [5.74, 6) is -1.30. The first-order valence-corrected chi connectivity index (χ1v) is 5.25. The molecule has 96 valence electrons. The summed E-state index contributed by atoms with van der Waals surface area (Å²) < 4.78 is 0. The first-order valence-electron chi connectivity index (χ1n) is 5.25. The van der Waals surface area contributed by atoms with E-state index in [4.69, 9.17) is 15.3 Å². The molecule has 0 aliphatic rings. The largest absolute Gasteiger partial charge is 0.504 e. The smallest absolute Gasteiger partial charge is 0.303 e. The Hall–Kier alpha value is -2.50. The summed E-state index contributed by atoms with van der Waals surface area (Å²) in [5, 5.41) is 26.4. The Labute approximate surface area is 104 Å². The van der Waals surface area contributed by atoms with E-state index in [1.165, 1.54) is 12.1 Å². The number of nitrogens with one attached hydrogen (secondary N) is 1. The number of carbonyl (C=O) groups is 1. The van der Waals surface area contributed by atoms with E-state index in [1.807, 2.05) is 0 Å². The molecule has 1 aromatic heterocycles. The average Bonchev–Trinajstić information content (AvgIpc) is 2.89. The van der Waals surface area contributed by atoms with Crippen LogP contribution in [0.25, 0.3) is 0 Å². The maximum absolute atomic E-state index is 10.2. The molecule has 1 heterocycles. The molecule has 2 rings (SSSR count). The van der Waals surface area contributed by atoms with Crippen LogP contribution >= 0.6 is 0 Å². The van der Waals surface area contributed by atoms with Gasteiger partial charge in [-0.1, -0.05) is 6.07 Å². The third-order valence-corrected chi connectivity index (χ3v) is 2.07. The fourth-order valence-electron chi connectivity index (χ4n) is 1.19. The van der Waals surface area contributed by atoms with Gasteiger partial charge in [0.25, 0.3) is 0 Å². The summed E-state index contributed by atoms with van der Waals surface area (Å²) in [6, 6.07) is 4.28. The number of phenolic OH excluding ortho intramolecular Hbond substituents is 2. The molecule has 0 atom stereocenters. The van der Waals surface area contributed by atoms with Gasteiger partial charge in [0.1, 0.15) is 0 Å². The van der Waals surface area contributed by atoms with Crippen molar-refractivity contribution < 1.29 is 20.1 Å². The molecule has 0 aliphatic carbocycles. The van der Waals surface area contributed by atoms with Gasteiger partial charge < -0.3 is 20.3 Å². The van der Waals surface area contributed by atoms with Crippen molar-refractivity contribution in [3.63, 3.8) is 0 Å². The summed E-state index contributed by atoms with van der Waals surface area (Å²) in [5.41, 5.74) is 0.692. The van der Waals surface area contributed by atoms with Crippen molar-refractivity contribution in [3.8, 4) is 11.5 Å². The molecule has 6 nitrogen and oxygen atoms in total. The van der Waals surface area contributed by atoms with Gasteiger partial charge in [0.15, 0.2) is 11.5 Å². The zero-order valence-electron chi connectivity index (χ0n) is 9.58. The van der Waals surface area contributed by atoms with Gasteiger partial charge >= 0.3 is 5.97 Å². The van der Waals surface area contributed by atoms with Gasteiger partial charge in [0.05, 0.1) is 6.33 Å². The standard InChI is InChI=1S/C9H10O4.C3H4N2/c10-7-3-1-6(5-8(7)11)2-4-9(12)13;1-2-5-3-4-1/h1,3,5,10-11H,2,4H2,(H,12,13);1-3H,(H,4,5). The average molecular weight is 250 g/mol. The maximum atomic E-state index is 10.2. The second-order valence-electron chi connectivity index (χ2n) is 3.48. The van der Waals surface area contributed by atoms with Gasteiger partial charge in [-0.3, -0.25) is 4.79 Å². The lowest BCUT2D eigenvalue weighted by Crippen LogP contribution is -1.96. The summed E-state index contributed by atoms with van der Waals surface area (Å²) in [4.78, 5) is 16.6. The fraction of sp³-hybridized carbons (Fsp3) is 0.167. The van der Waals surface area contributed by atoms with E-state index in [9.17, 15) is 4.79 Å². The predicted molar refractivity (Wildman–Crippen MR) is 64.3 cm³/mol. The highest BCUT2D eigenvalue weighted by Gasteiger charge is 2.02. The SMILES string of the molecule is O=C(O)CCc1ccc(O)c(O)c1.c1c[nH]cn1. The monoisotopic (exact) mass is 250 g/mol. The number of phenols is 2. The van der Waals surface area contributed by atoms with Gasteiger partial charge in [-0.25, -0.2) is 4.98 Å². The molecule has 0 aliphatic heterocycles. The number of benzene rings is 1. The minimum absolute atomic E-state index is 0.0181. The minimum Gasteiger partial charge on any atom is -0.504 e. The van der Waals surface area contributed by atoms with Crippen LogP contribution in [0.15, 0.2) is 36.9 Å². The van der Waals surface area contributed by atoms with Crippen LogP contribution in [0.1, 0.15) is 12.0 Å². The molecule has 6 heteroatoms. The highest BCUT2D eigenvalue weighted by Crippen LogP contribution is 2.25. The molecular formula is C12H14N2O4. The van der Waals surface area contributed by atoms with E-state index in [0.29, 0.717) is 12.0 Å². The Morgan fingerprint density at radius 2 is 2.06 bits per heavy atom. The quantitative estimate of drug-likeness (QED) is 0.618. The van der Waals surface area contributed by atoms with Crippen LogP contribution < -0.4 is 0 Å². The number of imidazole rings is 1. The Balaban J connectivity index is 0.000000269. The number of H-pyrrole nitrogens is 1. The molecule has 4 N–H and O–H groups in total. The third-order valence-electron chi connectivity index (χ3n) is 2.07. The van der Waals surface area contributed by atoms with Crippen LogP contribution in [0.2, 0.25) is 0 Å². The number of carboxylic acid groups (broad SMARTS) is 1. The van der Waals surface area contributed by atoms with E-state index in [-0.39, 0.29) is 17.9 Å². The lowest BCUT2D eigenvalue weighted by atomic mass is 10.1. The molecule has 0 saturated heterocycles. The molecule has 0 spiro atoms. The van der Waals surface area contributed by atoms with E-state index in [1.54, 1.807) is 24.8 Å². The number of aromatic amines is 1. The molecule has 0 amide bonds. The molecule has 0 bridgehead atoms. The highest BCUT2D eigenvalue weighted by atomic mass is 16.4. The topological polar surface area (TPSA) is 106 Å². The summed E-state index contributed by atoms with van der Waals surface area (Å²) >= 11 is 0. The Morgan fingerprint density at radius 1 is 1.28 bits per heavy atom. The third kappa shape index (κ3) is 5.02. The molecule has 0 radical (unpaired) electrons. The van der Waals surface area contributed by atoms with Crippen LogP contribution in [0, 0.1) is 0 Å². The van der Waals surface area contributed by atoms with Crippen LogP contribution in [0.5, 0.6) is 11.5 Å². The number of hydrogen-bond acceptors (Lipinski definition) is 4. The maximum Gasteiger partial charge on any atom is 0.303 e. The van der Waals surface area contributed by atoms with Crippen LogP contribution in [-0.2, 0) is 11.2 Å². The molecule has 0 fully saturated rings. The summed E-state index contributed by atoms with van der Waals surface area (Å²) in [6.07, 6.45) is 5.45. The molecule has 0 unspecified atom stereocenters. The number of rotatable bonds is 3. The number of aromatic hydroxyl groups is 2. The number of aliphatic carboxylic acids is 1. The molecular weight excluding hydrogens is 236 g/mol. The van der Waals surface area contributed by atoms with Crippen molar-refractivity contribution in [1.29, 1.82) is 0 Å². The number of aryl methyl sites for hydroxylation is 1. The first-order chi connectivity index (χ1) is 8.59. The number of carboxylic acids is 1. The van der Waals surface area contributed by atoms with Crippen molar-refractivity contribution in [2.24, 2.45) is 0 Å². The number of nitrogens with zero attached hydrogens (tertiary/aromatic N) is 1. The highest BCUT2D eigenvalue weighted by molar-refractivity contribution is 5.67. The van der Waals surface area contributed by atoms with Crippen molar-refractivity contribution in [3.05, 3.63) is 42.5 Å². The van der Waals surface area contributed by atoms with E-state index < -0.39 is 5.97 Å². The van der Waals surface area contributed by atoms with Gasteiger partial charge in [-0.2, -0.15) is 0 Å². The minimum atomic E-state index is -0.882. The summed E-state index contributed by atoms with van der Waals surface area (Å²) in [7, 11) is 0.